The van der Waals surface area contributed by atoms with E-state index in [1.807, 2.05) is 47.5 Å². The highest BCUT2D eigenvalue weighted by atomic mass is 32.1. The SMILES string of the molecule is CCN(CC(=O)Nc1cccc(OC)c1)CC(O)COCc1cccs1. The molecule has 1 aromatic carbocycles. The summed E-state index contributed by atoms with van der Waals surface area (Å²) in [6.45, 7) is 3.94. The number of carbonyl (C=O) groups is 1. The highest BCUT2D eigenvalue weighted by molar-refractivity contribution is 7.09. The maximum Gasteiger partial charge on any atom is 0.238 e. The van der Waals surface area contributed by atoms with E-state index in [1.165, 1.54) is 0 Å². The zero-order valence-corrected chi connectivity index (χ0v) is 16.0. The van der Waals surface area contributed by atoms with Gasteiger partial charge < -0.3 is 19.9 Å². The van der Waals surface area contributed by atoms with E-state index in [1.54, 1.807) is 24.5 Å². The van der Waals surface area contributed by atoms with Crippen LogP contribution < -0.4 is 10.1 Å². The number of anilines is 1. The lowest BCUT2D eigenvalue weighted by atomic mass is 10.3. The largest absolute Gasteiger partial charge is 0.497 e. The number of ether oxygens (including phenoxy) is 2. The van der Waals surface area contributed by atoms with Crippen LogP contribution in [0.4, 0.5) is 5.69 Å². The van der Waals surface area contributed by atoms with Gasteiger partial charge in [0.25, 0.3) is 0 Å². The molecule has 7 heteroatoms. The molecule has 142 valence electrons. The molecule has 26 heavy (non-hydrogen) atoms. The first-order valence-corrected chi connectivity index (χ1v) is 9.43. The van der Waals surface area contributed by atoms with Crippen molar-refractivity contribution in [1.29, 1.82) is 0 Å². The minimum atomic E-state index is -0.639. The fourth-order valence-corrected chi connectivity index (χ4v) is 3.09. The van der Waals surface area contributed by atoms with E-state index in [0.717, 1.165) is 4.88 Å². The maximum absolute atomic E-state index is 12.2. The van der Waals surface area contributed by atoms with Crippen molar-refractivity contribution in [3.05, 3.63) is 46.7 Å². The Balaban J connectivity index is 1.73. The van der Waals surface area contributed by atoms with Crippen LogP contribution in [-0.4, -0.2) is 55.4 Å². The molecular formula is C19H26N2O4S. The molecule has 2 aromatic rings. The lowest BCUT2D eigenvalue weighted by Crippen LogP contribution is -2.39. The van der Waals surface area contributed by atoms with Gasteiger partial charge in [0.2, 0.25) is 5.91 Å². The molecule has 1 unspecified atom stereocenters. The molecule has 1 heterocycles. The molecule has 0 aliphatic rings. The summed E-state index contributed by atoms with van der Waals surface area (Å²) in [6.07, 6.45) is -0.639. The molecular weight excluding hydrogens is 352 g/mol. The number of hydrogen-bond acceptors (Lipinski definition) is 6. The Bertz CT molecular complexity index is 663. The number of benzene rings is 1. The Hall–Kier alpha value is -1.93. The van der Waals surface area contributed by atoms with Crippen LogP contribution in [0.3, 0.4) is 0 Å². The molecule has 0 aliphatic carbocycles. The number of aliphatic hydroxyl groups excluding tert-OH is 1. The van der Waals surface area contributed by atoms with E-state index in [0.29, 0.717) is 31.1 Å². The van der Waals surface area contributed by atoms with Crippen LogP contribution in [0.25, 0.3) is 0 Å². The lowest BCUT2D eigenvalue weighted by molar-refractivity contribution is -0.117. The summed E-state index contributed by atoms with van der Waals surface area (Å²) < 4.78 is 10.7. The van der Waals surface area contributed by atoms with Gasteiger partial charge in [0.05, 0.1) is 33.0 Å². The van der Waals surface area contributed by atoms with Crippen molar-refractivity contribution in [2.75, 3.05) is 38.7 Å². The summed E-state index contributed by atoms with van der Waals surface area (Å²) >= 11 is 1.63. The second kappa shape index (κ2) is 10.9. The molecule has 6 nitrogen and oxygen atoms in total. The number of rotatable bonds is 11. The normalized spacial score (nSPS) is 12.2. The number of likely N-dealkylation sites (N-methyl/N-ethyl adjacent to an activating group) is 1. The van der Waals surface area contributed by atoms with E-state index in [2.05, 4.69) is 5.32 Å². The van der Waals surface area contributed by atoms with Crippen molar-refractivity contribution in [3.8, 4) is 5.75 Å². The first kappa shape index (κ1) is 20.4. The van der Waals surface area contributed by atoms with Crippen LogP contribution in [0.15, 0.2) is 41.8 Å². The van der Waals surface area contributed by atoms with Gasteiger partial charge in [-0.25, -0.2) is 0 Å². The van der Waals surface area contributed by atoms with E-state index in [9.17, 15) is 9.90 Å². The van der Waals surface area contributed by atoms with Crippen molar-refractivity contribution in [3.63, 3.8) is 0 Å². The van der Waals surface area contributed by atoms with Gasteiger partial charge in [-0.3, -0.25) is 9.69 Å². The van der Waals surface area contributed by atoms with Crippen molar-refractivity contribution in [2.24, 2.45) is 0 Å². The smallest absolute Gasteiger partial charge is 0.238 e. The summed E-state index contributed by atoms with van der Waals surface area (Å²) in [5.41, 5.74) is 0.685. The van der Waals surface area contributed by atoms with Crippen LogP contribution >= 0.6 is 11.3 Å². The van der Waals surface area contributed by atoms with E-state index >= 15 is 0 Å². The quantitative estimate of drug-likeness (QED) is 0.629. The zero-order chi connectivity index (χ0) is 18.8. The number of nitrogens with zero attached hydrogens (tertiary/aromatic N) is 1. The molecule has 2 N–H and O–H groups in total. The highest BCUT2D eigenvalue weighted by Crippen LogP contribution is 2.16. The molecule has 1 amide bonds. The summed E-state index contributed by atoms with van der Waals surface area (Å²) in [7, 11) is 1.58. The van der Waals surface area contributed by atoms with Crippen molar-refractivity contribution < 1.29 is 19.4 Å². The molecule has 2 rings (SSSR count). The van der Waals surface area contributed by atoms with Crippen LogP contribution in [0.1, 0.15) is 11.8 Å². The molecule has 1 atom stereocenters. The molecule has 0 spiro atoms. The average Bonchev–Trinajstić information content (AvgIpc) is 3.14. The minimum Gasteiger partial charge on any atom is -0.497 e. The van der Waals surface area contributed by atoms with E-state index in [-0.39, 0.29) is 19.1 Å². The number of carbonyl (C=O) groups excluding carboxylic acids is 1. The Kier molecular flexibility index (Phi) is 8.57. The molecule has 0 saturated heterocycles. The van der Waals surface area contributed by atoms with Gasteiger partial charge in [0.1, 0.15) is 5.75 Å². The Morgan fingerprint density at radius 1 is 1.35 bits per heavy atom. The molecule has 0 bridgehead atoms. The fraction of sp³-hybridized carbons (Fsp3) is 0.421. The predicted octanol–water partition coefficient (Wildman–Crippen LogP) is 2.59. The highest BCUT2D eigenvalue weighted by Gasteiger charge is 2.14. The predicted molar refractivity (Wildman–Crippen MR) is 104 cm³/mol. The number of amides is 1. The third-order valence-corrected chi connectivity index (χ3v) is 4.62. The zero-order valence-electron chi connectivity index (χ0n) is 15.2. The third-order valence-electron chi connectivity index (χ3n) is 3.77. The average molecular weight is 378 g/mol. The van der Waals surface area contributed by atoms with Crippen molar-refractivity contribution in [2.45, 2.75) is 19.6 Å². The number of nitrogens with one attached hydrogen (secondary N) is 1. The van der Waals surface area contributed by atoms with Crippen LogP contribution in [0, 0.1) is 0 Å². The fourth-order valence-electron chi connectivity index (χ4n) is 2.45. The monoisotopic (exact) mass is 378 g/mol. The van der Waals surface area contributed by atoms with Crippen molar-refractivity contribution in [1.82, 2.24) is 4.90 Å². The topological polar surface area (TPSA) is 71.0 Å². The number of aliphatic hydroxyl groups is 1. The van der Waals surface area contributed by atoms with E-state index < -0.39 is 6.10 Å². The summed E-state index contributed by atoms with van der Waals surface area (Å²) in [5.74, 6) is 0.556. The van der Waals surface area contributed by atoms with Gasteiger partial charge >= 0.3 is 0 Å². The molecule has 0 saturated carbocycles. The van der Waals surface area contributed by atoms with Crippen LogP contribution in [0.2, 0.25) is 0 Å². The summed E-state index contributed by atoms with van der Waals surface area (Å²) in [5, 5.41) is 15.0. The third kappa shape index (κ3) is 7.13. The Morgan fingerprint density at radius 2 is 2.19 bits per heavy atom. The van der Waals surface area contributed by atoms with Crippen LogP contribution in [0.5, 0.6) is 5.75 Å². The van der Waals surface area contributed by atoms with Crippen LogP contribution in [-0.2, 0) is 16.1 Å². The molecule has 0 aliphatic heterocycles. The number of hydrogen-bond donors (Lipinski definition) is 2. The van der Waals surface area contributed by atoms with Gasteiger partial charge in [0.15, 0.2) is 0 Å². The van der Waals surface area contributed by atoms with Gasteiger partial charge in [-0.2, -0.15) is 0 Å². The Morgan fingerprint density at radius 3 is 2.88 bits per heavy atom. The first-order chi connectivity index (χ1) is 12.6. The van der Waals surface area contributed by atoms with Gasteiger partial charge in [-0.05, 0) is 30.1 Å². The number of thiophene rings is 1. The number of methoxy groups -OCH3 is 1. The maximum atomic E-state index is 12.2. The second-order valence-corrected chi connectivity index (χ2v) is 6.89. The molecule has 0 fully saturated rings. The Labute approximate surface area is 158 Å². The minimum absolute atomic E-state index is 0.133. The summed E-state index contributed by atoms with van der Waals surface area (Å²) in [4.78, 5) is 15.2. The lowest BCUT2D eigenvalue weighted by Gasteiger charge is -2.23. The summed E-state index contributed by atoms with van der Waals surface area (Å²) in [6, 6.07) is 11.2. The van der Waals surface area contributed by atoms with Gasteiger partial charge in [0, 0.05) is 23.2 Å². The standard InChI is InChI=1S/C19H26N2O4S/c1-3-21(11-16(22)13-25-14-18-8-5-9-26-18)12-19(23)20-15-6-4-7-17(10-15)24-2/h4-10,16,22H,3,11-14H2,1-2H3,(H,20,23). The van der Waals surface area contributed by atoms with Crippen molar-refractivity contribution >= 4 is 22.9 Å². The van der Waals surface area contributed by atoms with E-state index in [4.69, 9.17) is 9.47 Å². The van der Waals surface area contributed by atoms with Gasteiger partial charge in [-0.15, -0.1) is 11.3 Å². The van der Waals surface area contributed by atoms with Gasteiger partial charge in [-0.1, -0.05) is 19.1 Å². The first-order valence-electron chi connectivity index (χ1n) is 8.55. The molecule has 1 aromatic heterocycles. The second-order valence-electron chi connectivity index (χ2n) is 5.86. The molecule has 0 radical (unpaired) electrons.